The second kappa shape index (κ2) is 8.54. The molecule has 9 heteroatoms. The SMILES string of the molecule is COc1ccc(Cl)cc1S(=O)(=O)N1CCc2ccccc2[C@H]1CN1C(=O)c2ccccc2C1=O. The topological polar surface area (TPSA) is 84.0 Å². The average Bonchev–Trinajstić information content (AvgIpc) is 3.09. The van der Waals surface area contributed by atoms with Gasteiger partial charge in [-0.3, -0.25) is 14.5 Å². The van der Waals surface area contributed by atoms with E-state index in [1.165, 1.54) is 23.5 Å². The van der Waals surface area contributed by atoms with Crippen molar-refractivity contribution in [3.8, 4) is 5.75 Å². The second-order valence-electron chi connectivity index (χ2n) is 8.14. The maximum absolute atomic E-state index is 13.9. The Morgan fingerprint density at radius 3 is 2.29 bits per heavy atom. The van der Waals surface area contributed by atoms with Gasteiger partial charge in [-0.1, -0.05) is 48.0 Å². The van der Waals surface area contributed by atoms with Crippen LogP contribution in [-0.2, 0) is 16.4 Å². The van der Waals surface area contributed by atoms with Crippen LogP contribution >= 0.6 is 11.6 Å². The number of benzene rings is 3. The molecule has 0 saturated heterocycles. The molecule has 0 spiro atoms. The number of rotatable bonds is 5. The van der Waals surface area contributed by atoms with E-state index in [2.05, 4.69) is 0 Å². The molecule has 7 nitrogen and oxygen atoms in total. The van der Waals surface area contributed by atoms with Crippen LogP contribution in [0.15, 0.2) is 71.6 Å². The lowest BCUT2D eigenvalue weighted by Crippen LogP contribution is -2.46. The summed E-state index contributed by atoms with van der Waals surface area (Å²) in [6.07, 6.45) is 0.497. The van der Waals surface area contributed by atoms with Crippen LogP contribution in [0.1, 0.15) is 37.9 Å². The maximum Gasteiger partial charge on any atom is 0.261 e. The summed E-state index contributed by atoms with van der Waals surface area (Å²) in [7, 11) is -2.70. The van der Waals surface area contributed by atoms with Gasteiger partial charge in [0.1, 0.15) is 10.6 Å². The van der Waals surface area contributed by atoms with Crippen LogP contribution in [0.2, 0.25) is 5.02 Å². The van der Waals surface area contributed by atoms with Crippen molar-refractivity contribution in [1.29, 1.82) is 0 Å². The highest BCUT2D eigenvalue weighted by molar-refractivity contribution is 7.89. The standard InChI is InChI=1S/C25H21ClN2O5S/c1-33-22-11-10-17(26)14-23(22)34(31,32)28-13-12-16-6-2-3-7-18(16)21(28)15-27-24(29)19-8-4-5-9-20(19)25(27)30/h2-11,14,21H,12-13,15H2,1H3/t21-/m1/s1. The van der Waals surface area contributed by atoms with Crippen LogP contribution in [0.5, 0.6) is 5.75 Å². The fourth-order valence-electron chi connectivity index (χ4n) is 4.66. The van der Waals surface area contributed by atoms with Crippen LogP contribution in [0.25, 0.3) is 0 Å². The summed E-state index contributed by atoms with van der Waals surface area (Å²) in [5.41, 5.74) is 2.38. The first kappa shape index (κ1) is 22.6. The molecule has 0 bridgehead atoms. The minimum Gasteiger partial charge on any atom is -0.495 e. The van der Waals surface area contributed by atoms with Gasteiger partial charge in [-0.2, -0.15) is 4.31 Å². The zero-order valence-corrected chi connectivity index (χ0v) is 19.8. The van der Waals surface area contributed by atoms with E-state index >= 15 is 0 Å². The highest BCUT2D eigenvalue weighted by Crippen LogP contribution is 2.39. The van der Waals surface area contributed by atoms with Crippen LogP contribution in [0.3, 0.4) is 0 Å². The number of fused-ring (bicyclic) bond motifs is 2. The quantitative estimate of drug-likeness (QED) is 0.500. The normalized spacial score (nSPS) is 18.1. The van der Waals surface area contributed by atoms with Crippen molar-refractivity contribution in [1.82, 2.24) is 9.21 Å². The van der Waals surface area contributed by atoms with E-state index in [4.69, 9.17) is 16.3 Å². The lowest BCUT2D eigenvalue weighted by Gasteiger charge is -2.38. The fraction of sp³-hybridized carbons (Fsp3) is 0.200. The van der Waals surface area contributed by atoms with Crippen molar-refractivity contribution in [3.63, 3.8) is 0 Å². The first-order valence-corrected chi connectivity index (χ1v) is 12.5. The van der Waals surface area contributed by atoms with Crippen molar-refractivity contribution in [2.24, 2.45) is 0 Å². The van der Waals surface area contributed by atoms with Gasteiger partial charge in [0.25, 0.3) is 11.8 Å². The van der Waals surface area contributed by atoms with Gasteiger partial charge in [-0.15, -0.1) is 0 Å². The predicted octanol–water partition coefficient (Wildman–Crippen LogP) is 3.93. The molecule has 0 aliphatic carbocycles. The average molecular weight is 497 g/mol. The van der Waals surface area contributed by atoms with Crippen LogP contribution in [0.4, 0.5) is 0 Å². The zero-order valence-electron chi connectivity index (χ0n) is 18.3. The maximum atomic E-state index is 13.9. The number of imide groups is 1. The van der Waals surface area contributed by atoms with E-state index in [9.17, 15) is 18.0 Å². The van der Waals surface area contributed by atoms with Gasteiger partial charge in [0, 0.05) is 11.6 Å². The number of carbonyl (C=O) groups is 2. The first-order valence-electron chi connectivity index (χ1n) is 10.7. The summed E-state index contributed by atoms with van der Waals surface area (Å²) in [6.45, 7) is 0.0777. The van der Waals surface area contributed by atoms with Gasteiger partial charge in [-0.25, -0.2) is 8.42 Å². The molecule has 0 radical (unpaired) electrons. The van der Waals surface area contributed by atoms with Crippen molar-refractivity contribution < 1.29 is 22.7 Å². The van der Waals surface area contributed by atoms with Crippen LogP contribution in [-0.4, -0.2) is 49.6 Å². The fourth-order valence-corrected chi connectivity index (χ4v) is 6.68. The molecule has 2 aliphatic rings. The van der Waals surface area contributed by atoms with Gasteiger partial charge in [0.05, 0.1) is 30.8 Å². The molecular formula is C25H21ClN2O5S. The zero-order chi connectivity index (χ0) is 24.0. The van der Waals surface area contributed by atoms with Gasteiger partial charge in [0.15, 0.2) is 0 Å². The van der Waals surface area contributed by atoms with E-state index in [0.717, 1.165) is 16.0 Å². The number of hydrogen-bond donors (Lipinski definition) is 0. The number of amides is 2. The molecule has 34 heavy (non-hydrogen) atoms. The molecule has 0 unspecified atom stereocenters. The molecule has 0 saturated carbocycles. The molecule has 1 atom stereocenters. The van der Waals surface area contributed by atoms with Crippen LogP contribution in [0, 0.1) is 0 Å². The Bertz CT molecular complexity index is 1390. The van der Waals surface area contributed by atoms with Gasteiger partial charge >= 0.3 is 0 Å². The Morgan fingerprint density at radius 1 is 0.971 bits per heavy atom. The lowest BCUT2D eigenvalue weighted by atomic mass is 9.94. The van der Waals surface area contributed by atoms with E-state index in [0.29, 0.717) is 17.5 Å². The lowest BCUT2D eigenvalue weighted by molar-refractivity contribution is 0.0616. The highest BCUT2D eigenvalue weighted by atomic mass is 35.5. The summed E-state index contributed by atoms with van der Waals surface area (Å²) >= 11 is 6.13. The monoisotopic (exact) mass is 496 g/mol. The summed E-state index contributed by atoms with van der Waals surface area (Å²) in [4.78, 5) is 27.2. The summed E-state index contributed by atoms with van der Waals surface area (Å²) in [5, 5.41) is 0.258. The third-order valence-electron chi connectivity index (χ3n) is 6.31. The minimum absolute atomic E-state index is 0.0609. The molecule has 2 aliphatic heterocycles. The molecule has 5 rings (SSSR count). The van der Waals surface area contributed by atoms with E-state index in [1.54, 1.807) is 30.3 Å². The number of nitrogens with zero attached hydrogens (tertiary/aromatic N) is 2. The van der Waals surface area contributed by atoms with Gasteiger partial charge < -0.3 is 4.74 Å². The van der Waals surface area contributed by atoms with E-state index in [-0.39, 0.29) is 28.8 Å². The third kappa shape index (κ3) is 3.58. The molecule has 0 N–H and O–H groups in total. The molecule has 3 aromatic carbocycles. The summed E-state index contributed by atoms with van der Waals surface area (Å²) < 4.78 is 34.4. The van der Waals surface area contributed by atoms with Gasteiger partial charge in [-0.05, 0) is 47.9 Å². The molecule has 3 aromatic rings. The largest absolute Gasteiger partial charge is 0.495 e. The van der Waals surface area contributed by atoms with E-state index < -0.39 is 27.9 Å². The predicted molar refractivity (Wildman–Crippen MR) is 127 cm³/mol. The number of sulfonamides is 1. The van der Waals surface area contributed by atoms with Crippen molar-refractivity contribution in [3.05, 3.63) is 94.0 Å². The smallest absolute Gasteiger partial charge is 0.261 e. The molecule has 2 heterocycles. The summed E-state index contributed by atoms with van der Waals surface area (Å²) in [6, 6.07) is 17.8. The molecule has 2 amide bonds. The Kier molecular flexibility index (Phi) is 5.67. The Morgan fingerprint density at radius 2 is 1.62 bits per heavy atom. The second-order valence-corrected chi connectivity index (χ2v) is 10.4. The Hall–Kier alpha value is -3.20. The van der Waals surface area contributed by atoms with Crippen molar-refractivity contribution in [2.75, 3.05) is 20.2 Å². The molecule has 0 fully saturated rings. The Balaban J connectivity index is 1.59. The molecule has 174 valence electrons. The first-order chi connectivity index (χ1) is 16.3. The Labute approximate surface area is 202 Å². The minimum atomic E-state index is -4.09. The number of halogens is 1. The molecular weight excluding hydrogens is 476 g/mol. The number of hydrogen-bond acceptors (Lipinski definition) is 5. The third-order valence-corrected chi connectivity index (χ3v) is 8.47. The number of methoxy groups -OCH3 is 1. The van der Waals surface area contributed by atoms with Gasteiger partial charge in [0.2, 0.25) is 10.0 Å². The summed E-state index contributed by atoms with van der Waals surface area (Å²) in [5.74, 6) is -0.689. The highest BCUT2D eigenvalue weighted by Gasteiger charge is 2.43. The molecule has 0 aromatic heterocycles. The van der Waals surface area contributed by atoms with Crippen LogP contribution < -0.4 is 4.74 Å². The number of carbonyl (C=O) groups excluding carboxylic acids is 2. The van der Waals surface area contributed by atoms with E-state index in [1.807, 2.05) is 24.3 Å². The van der Waals surface area contributed by atoms with Crippen molar-refractivity contribution >= 4 is 33.4 Å². The van der Waals surface area contributed by atoms with Crippen molar-refractivity contribution in [2.45, 2.75) is 17.4 Å². The number of ether oxygens (including phenoxy) is 1.